The summed E-state index contributed by atoms with van der Waals surface area (Å²) >= 11 is 0. The summed E-state index contributed by atoms with van der Waals surface area (Å²) in [6.45, 7) is 5.04. The van der Waals surface area contributed by atoms with Crippen LogP contribution in [0.1, 0.15) is 27.5 Å². The van der Waals surface area contributed by atoms with Crippen molar-refractivity contribution in [3.05, 3.63) is 59.2 Å². The lowest BCUT2D eigenvalue weighted by atomic mass is 10.2. The Kier molecular flexibility index (Phi) is 4.91. The van der Waals surface area contributed by atoms with Crippen molar-refractivity contribution >= 4 is 27.6 Å². The lowest BCUT2D eigenvalue weighted by Gasteiger charge is -2.08. The summed E-state index contributed by atoms with van der Waals surface area (Å²) in [5.41, 5.74) is 1.90. The number of benzene rings is 1. The molecule has 0 unspecified atom stereocenters. The van der Waals surface area contributed by atoms with Gasteiger partial charge in [0.1, 0.15) is 11.3 Å². The first-order valence-electron chi connectivity index (χ1n) is 7.93. The molecule has 3 aromatic rings. The molecule has 140 valence electrons. The van der Waals surface area contributed by atoms with Crippen molar-refractivity contribution in [1.82, 2.24) is 15.1 Å². The molecule has 1 aromatic carbocycles. The third kappa shape index (κ3) is 4.11. The molecule has 0 aliphatic rings. The number of sulfonamides is 1. The molecular weight excluding hydrogens is 370 g/mol. The average Bonchev–Trinajstić information content (AvgIpc) is 2.93. The molecule has 0 fully saturated rings. The number of nitrogens with zero attached hydrogens (tertiary/aromatic N) is 3. The van der Waals surface area contributed by atoms with Crippen LogP contribution in [0.25, 0.3) is 0 Å². The number of aromatic nitrogens is 3. The van der Waals surface area contributed by atoms with Crippen LogP contribution >= 0.6 is 0 Å². The van der Waals surface area contributed by atoms with Crippen LogP contribution in [0.2, 0.25) is 0 Å². The Balaban J connectivity index is 1.75. The summed E-state index contributed by atoms with van der Waals surface area (Å²) in [4.78, 5) is 20.2. The minimum atomic E-state index is -3.84. The molecule has 0 saturated carbocycles. The van der Waals surface area contributed by atoms with Crippen molar-refractivity contribution in [2.75, 3.05) is 10.0 Å². The molecule has 3 rings (SSSR count). The van der Waals surface area contributed by atoms with E-state index in [-0.39, 0.29) is 16.8 Å². The molecule has 0 atom stereocenters. The molecule has 2 heterocycles. The number of nitrogens with one attached hydrogen (secondary N) is 2. The summed E-state index contributed by atoms with van der Waals surface area (Å²) in [5.74, 6) is 0.0190. The predicted octanol–water partition coefficient (Wildman–Crippen LogP) is 2.44. The number of hydrogen-bond acceptors (Lipinski definition) is 7. The highest BCUT2D eigenvalue weighted by Crippen LogP contribution is 2.19. The Labute approximate surface area is 155 Å². The van der Waals surface area contributed by atoms with Gasteiger partial charge in [-0.25, -0.2) is 23.1 Å². The van der Waals surface area contributed by atoms with E-state index in [2.05, 4.69) is 25.2 Å². The Morgan fingerprint density at radius 3 is 2.37 bits per heavy atom. The van der Waals surface area contributed by atoms with Crippen LogP contribution in [-0.4, -0.2) is 29.4 Å². The molecule has 0 spiro atoms. The van der Waals surface area contributed by atoms with Gasteiger partial charge in [-0.15, -0.1) is 0 Å². The zero-order chi connectivity index (χ0) is 19.6. The van der Waals surface area contributed by atoms with Gasteiger partial charge in [0, 0.05) is 17.6 Å². The van der Waals surface area contributed by atoms with Crippen LogP contribution in [-0.2, 0) is 10.0 Å². The first-order chi connectivity index (χ1) is 12.8. The number of carbonyl (C=O) groups excluding carboxylic acids is 1. The Hall–Kier alpha value is -3.27. The molecule has 0 aliphatic carbocycles. The second kappa shape index (κ2) is 7.16. The topological polar surface area (TPSA) is 127 Å². The Morgan fingerprint density at radius 2 is 1.78 bits per heavy atom. The molecular formula is C17H17N5O4S. The van der Waals surface area contributed by atoms with Crippen molar-refractivity contribution in [2.45, 2.75) is 25.7 Å². The van der Waals surface area contributed by atoms with Gasteiger partial charge >= 0.3 is 0 Å². The minimum Gasteiger partial charge on any atom is -0.361 e. The van der Waals surface area contributed by atoms with Crippen molar-refractivity contribution in [3.8, 4) is 0 Å². The van der Waals surface area contributed by atoms with Gasteiger partial charge in [0.15, 0.2) is 0 Å². The monoisotopic (exact) mass is 387 g/mol. The molecule has 0 bridgehead atoms. The summed E-state index contributed by atoms with van der Waals surface area (Å²) in [7, 11) is -3.84. The highest BCUT2D eigenvalue weighted by molar-refractivity contribution is 7.92. The maximum Gasteiger partial charge on any atom is 0.264 e. The normalized spacial score (nSPS) is 11.2. The van der Waals surface area contributed by atoms with Gasteiger partial charge in [-0.2, -0.15) is 0 Å². The van der Waals surface area contributed by atoms with E-state index in [1.54, 1.807) is 26.8 Å². The number of aryl methyl sites for hydroxylation is 3. The summed E-state index contributed by atoms with van der Waals surface area (Å²) < 4.78 is 32.1. The predicted molar refractivity (Wildman–Crippen MR) is 97.9 cm³/mol. The van der Waals surface area contributed by atoms with Crippen LogP contribution in [0.5, 0.6) is 0 Å². The second-order valence-corrected chi connectivity index (χ2v) is 7.49. The lowest BCUT2D eigenvalue weighted by Crippen LogP contribution is -2.16. The SMILES string of the molecule is Cc1ccnc(NS(=O)(=O)c2ccc(NC(=O)c3c(C)noc3C)cc2)n1. The second-order valence-electron chi connectivity index (χ2n) is 5.80. The van der Waals surface area contributed by atoms with Gasteiger partial charge in [-0.05, 0) is 51.1 Å². The van der Waals surface area contributed by atoms with E-state index >= 15 is 0 Å². The third-order valence-corrected chi connectivity index (χ3v) is 5.05. The largest absolute Gasteiger partial charge is 0.361 e. The molecule has 9 nitrogen and oxygen atoms in total. The fourth-order valence-corrected chi connectivity index (χ4v) is 3.35. The zero-order valence-corrected chi connectivity index (χ0v) is 15.7. The summed E-state index contributed by atoms with van der Waals surface area (Å²) in [6.07, 6.45) is 1.47. The van der Waals surface area contributed by atoms with E-state index in [0.717, 1.165) is 0 Å². The number of rotatable bonds is 5. The fourth-order valence-electron chi connectivity index (χ4n) is 2.40. The molecule has 0 saturated heterocycles. The van der Waals surface area contributed by atoms with Crippen LogP contribution in [0.15, 0.2) is 45.9 Å². The van der Waals surface area contributed by atoms with Crippen LogP contribution in [0.4, 0.5) is 11.6 Å². The molecule has 2 N–H and O–H groups in total. The van der Waals surface area contributed by atoms with Crippen LogP contribution in [0, 0.1) is 20.8 Å². The highest BCUT2D eigenvalue weighted by Gasteiger charge is 2.19. The number of hydrogen-bond donors (Lipinski definition) is 2. The minimum absolute atomic E-state index is 0.00853. The van der Waals surface area contributed by atoms with Gasteiger partial charge < -0.3 is 9.84 Å². The number of anilines is 2. The quantitative estimate of drug-likeness (QED) is 0.688. The summed E-state index contributed by atoms with van der Waals surface area (Å²) in [6, 6.07) is 7.39. The van der Waals surface area contributed by atoms with Crippen molar-refractivity contribution in [1.29, 1.82) is 0 Å². The van der Waals surface area contributed by atoms with Crippen molar-refractivity contribution < 1.29 is 17.7 Å². The van der Waals surface area contributed by atoms with Crippen LogP contribution in [0.3, 0.4) is 0 Å². The maximum absolute atomic E-state index is 12.4. The average molecular weight is 387 g/mol. The first-order valence-corrected chi connectivity index (χ1v) is 9.41. The van der Waals surface area contributed by atoms with Crippen molar-refractivity contribution in [2.24, 2.45) is 0 Å². The molecule has 1 amide bonds. The van der Waals surface area contributed by atoms with Gasteiger partial charge in [0.05, 0.1) is 10.6 Å². The highest BCUT2D eigenvalue weighted by atomic mass is 32.2. The number of carbonyl (C=O) groups is 1. The van der Waals surface area contributed by atoms with E-state index in [4.69, 9.17) is 4.52 Å². The standard InChI is InChI=1S/C17H17N5O4S/c1-10-8-9-18-17(19-10)22-27(24,25)14-6-4-13(5-7-14)20-16(23)15-11(2)21-26-12(15)3/h4-9H,1-3H3,(H,20,23)(H,18,19,22). The third-order valence-electron chi connectivity index (χ3n) is 3.70. The molecule has 10 heteroatoms. The molecule has 27 heavy (non-hydrogen) atoms. The smallest absolute Gasteiger partial charge is 0.264 e. The zero-order valence-electron chi connectivity index (χ0n) is 14.8. The van der Waals surface area contributed by atoms with E-state index in [1.165, 1.54) is 30.5 Å². The Bertz CT molecular complexity index is 1070. The van der Waals surface area contributed by atoms with Gasteiger partial charge in [0.2, 0.25) is 5.95 Å². The Morgan fingerprint density at radius 1 is 1.07 bits per heavy atom. The fraction of sp³-hybridized carbons (Fsp3) is 0.176. The van der Waals surface area contributed by atoms with Crippen molar-refractivity contribution in [3.63, 3.8) is 0 Å². The van der Waals surface area contributed by atoms with Gasteiger partial charge in [0.25, 0.3) is 15.9 Å². The maximum atomic E-state index is 12.4. The molecule has 2 aromatic heterocycles. The van der Waals surface area contributed by atoms with Gasteiger partial charge in [-0.1, -0.05) is 5.16 Å². The number of amides is 1. The molecule has 0 radical (unpaired) electrons. The first kappa shape index (κ1) is 18.5. The summed E-state index contributed by atoms with van der Waals surface area (Å²) in [5, 5.41) is 6.42. The van der Waals surface area contributed by atoms with Gasteiger partial charge in [-0.3, -0.25) is 4.79 Å². The molecule has 0 aliphatic heterocycles. The van der Waals surface area contributed by atoms with E-state index in [9.17, 15) is 13.2 Å². The van der Waals surface area contributed by atoms with E-state index in [0.29, 0.717) is 28.4 Å². The lowest BCUT2D eigenvalue weighted by molar-refractivity contribution is 0.102. The van der Waals surface area contributed by atoms with E-state index < -0.39 is 10.0 Å². The van der Waals surface area contributed by atoms with E-state index in [1.807, 2.05) is 0 Å². The van der Waals surface area contributed by atoms with Crippen LogP contribution < -0.4 is 10.0 Å².